The predicted molar refractivity (Wildman–Crippen MR) is 132 cm³/mol. The van der Waals surface area contributed by atoms with Crippen LogP contribution in [0.2, 0.25) is 0 Å². The lowest BCUT2D eigenvalue weighted by Crippen LogP contribution is -2.35. The van der Waals surface area contributed by atoms with Crippen molar-refractivity contribution in [1.82, 2.24) is 10.2 Å². The number of imide groups is 1. The minimum absolute atomic E-state index is 0.0286. The summed E-state index contributed by atoms with van der Waals surface area (Å²) in [6.07, 6.45) is -1.77. The lowest BCUT2D eigenvalue weighted by Gasteiger charge is -2.18. The van der Waals surface area contributed by atoms with Crippen molar-refractivity contribution >= 4 is 49.4 Å². The molecule has 17 heteroatoms. The number of nitrogens with zero attached hydrogens (tertiary/aromatic N) is 1. The molecule has 1 aliphatic heterocycles. The molecule has 1 aliphatic rings. The fraction of sp³-hybridized carbons (Fsp3) is 0.762. The molecule has 218 valence electrons. The van der Waals surface area contributed by atoms with E-state index in [0.29, 0.717) is 0 Å². The summed E-state index contributed by atoms with van der Waals surface area (Å²) in [6.45, 7) is 4.74. The number of nitrogens with one attached hydrogen (secondary N) is 1. The number of carbonyl (C=O) groups is 5. The van der Waals surface area contributed by atoms with E-state index in [2.05, 4.69) is 10.1 Å². The lowest BCUT2D eigenvalue weighted by molar-refractivity contribution is -0.158. The van der Waals surface area contributed by atoms with Crippen LogP contribution in [-0.4, -0.2) is 109 Å². The fourth-order valence-corrected chi connectivity index (χ4v) is 4.81. The molecule has 0 aromatic rings. The van der Waals surface area contributed by atoms with Crippen molar-refractivity contribution in [3.63, 3.8) is 0 Å². The molecule has 0 aromatic heterocycles. The maximum absolute atomic E-state index is 12.3. The van der Waals surface area contributed by atoms with Crippen LogP contribution >= 0.6 is 19.6 Å². The highest BCUT2D eigenvalue weighted by Gasteiger charge is 2.38. The number of ether oxygens (including phenoxy) is 4. The van der Waals surface area contributed by atoms with E-state index in [0.717, 1.165) is 13.8 Å². The Kier molecular flexibility index (Phi) is 15.5. The maximum Gasteiger partial charge on any atom is 0.472 e. The zero-order valence-electron chi connectivity index (χ0n) is 21.7. The predicted octanol–water partition coefficient (Wildman–Crippen LogP) is 0.627. The first kappa shape index (κ1) is 33.8. The minimum atomic E-state index is -4.56. The van der Waals surface area contributed by atoms with E-state index in [-0.39, 0.29) is 68.3 Å². The normalized spacial score (nSPS) is 17.7. The first-order valence-electron chi connectivity index (χ1n) is 11.7. The number of alkyl carbamates (subject to hydrolysis) is 1. The summed E-state index contributed by atoms with van der Waals surface area (Å²) in [5, 5.41) is 2.16. The molecule has 38 heavy (non-hydrogen) atoms. The summed E-state index contributed by atoms with van der Waals surface area (Å²) in [6, 6.07) is 0. The van der Waals surface area contributed by atoms with Gasteiger partial charge in [0, 0.05) is 26.8 Å². The van der Waals surface area contributed by atoms with Crippen LogP contribution in [-0.2, 0) is 51.7 Å². The number of phosphoric ester groups is 1. The van der Waals surface area contributed by atoms with E-state index in [1.165, 1.54) is 16.7 Å². The van der Waals surface area contributed by atoms with Crippen LogP contribution in [0.3, 0.4) is 0 Å². The van der Waals surface area contributed by atoms with Crippen LogP contribution in [0.15, 0.2) is 0 Å². The zero-order valence-corrected chi connectivity index (χ0v) is 23.5. The first-order chi connectivity index (χ1) is 17.8. The van der Waals surface area contributed by atoms with Gasteiger partial charge < -0.3 is 29.2 Å². The second-order valence-corrected chi connectivity index (χ2v) is 11.3. The molecule has 0 spiro atoms. The Morgan fingerprint density at radius 1 is 1.05 bits per heavy atom. The molecule has 0 aromatic carbocycles. The van der Waals surface area contributed by atoms with Gasteiger partial charge in [-0.1, -0.05) is 13.8 Å². The van der Waals surface area contributed by atoms with Gasteiger partial charge in [0.25, 0.3) is 0 Å². The highest BCUT2D eigenvalue weighted by Crippen LogP contribution is 2.43. The molecule has 15 nitrogen and oxygen atoms in total. The summed E-state index contributed by atoms with van der Waals surface area (Å²) >= 11 is 1.45. The van der Waals surface area contributed by atoms with E-state index >= 15 is 0 Å². The number of likely N-dealkylation sites (tertiary alicyclic amines) is 1. The Morgan fingerprint density at radius 3 is 2.39 bits per heavy atom. The van der Waals surface area contributed by atoms with Gasteiger partial charge in [-0.3, -0.25) is 33.1 Å². The molecule has 1 fully saturated rings. The second-order valence-electron chi connectivity index (χ2n) is 8.07. The Morgan fingerprint density at radius 2 is 1.76 bits per heavy atom. The average Bonchev–Trinajstić information content (AvgIpc) is 3.07. The number of thioether (sulfide) groups is 1. The number of amides is 3. The maximum atomic E-state index is 12.3. The summed E-state index contributed by atoms with van der Waals surface area (Å²) in [5.74, 6) is -1.81. The van der Waals surface area contributed by atoms with Gasteiger partial charge in [0.2, 0.25) is 11.8 Å². The molecule has 1 heterocycles. The molecule has 2 unspecified atom stereocenters. The van der Waals surface area contributed by atoms with Crippen molar-refractivity contribution in [3.05, 3.63) is 0 Å². The molecule has 3 amide bonds. The highest BCUT2D eigenvalue weighted by atomic mass is 32.2. The van der Waals surface area contributed by atoms with Crippen LogP contribution in [0.4, 0.5) is 4.79 Å². The smallest absolute Gasteiger partial charge is 0.462 e. The number of hydrogen-bond acceptors (Lipinski definition) is 13. The van der Waals surface area contributed by atoms with Gasteiger partial charge >= 0.3 is 25.9 Å². The van der Waals surface area contributed by atoms with Gasteiger partial charge in [-0.15, -0.1) is 11.8 Å². The van der Waals surface area contributed by atoms with E-state index in [1.807, 2.05) is 13.8 Å². The second kappa shape index (κ2) is 17.4. The Bertz CT molecular complexity index is 872. The molecule has 3 atom stereocenters. The van der Waals surface area contributed by atoms with E-state index in [4.69, 9.17) is 23.3 Å². The Hall–Kier alpha value is -2.23. The monoisotopic (exact) mass is 586 g/mol. The minimum Gasteiger partial charge on any atom is -0.462 e. The van der Waals surface area contributed by atoms with Crippen molar-refractivity contribution in [3.8, 4) is 0 Å². The van der Waals surface area contributed by atoms with Crippen molar-refractivity contribution in [2.24, 2.45) is 0 Å². The van der Waals surface area contributed by atoms with Crippen LogP contribution in [0.1, 0.15) is 34.1 Å². The van der Waals surface area contributed by atoms with Crippen LogP contribution < -0.4 is 5.32 Å². The topological polar surface area (TPSA) is 193 Å². The third kappa shape index (κ3) is 14.6. The number of phosphoric acid groups is 1. The third-order valence-electron chi connectivity index (χ3n) is 4.41. The van der Waals surface area contributed by atoms with Gasteiger partial charge in [0.15, 0.2) is 6.10 Å². The molecular formula is C21H35N2O13PS. The highest BCUT2D eigenvalue weighted by molar-refractivity contribution is 8.01. The molecule has 2 N–H and O–H groups in total. The Balaban J connectivity index is 2.16. The largest absolute Gasteiger partial charge is 0.472 e. The summed E-state index contributed by atoms with van der Waals surface area (Å²) in [7, 11) is -4.56. The third-order valence-corrected chi connectivity index (χ3v) is 6.64. The van der Waals surface area contributed by atoms with E-state index in [1.54, 1.807) is 0 Å². The van der Waals surface area contributed by atoms with Crippen LogP contribution in [0, 0.1) is 0 Å². The average molecular weight is 587 g/mol. The SMILES string of the molecule is CC(=O)OC[C@H](COP(=O)(O)OCCNC(=O)OCCOCCN1C(=O)CC(SC(C)C)C1=O)OC(C)=O. The van der Waals surface area contributed by atoms with Gasteiger partial charge in [-0.05, 0) is 5.25 Å². The molecule has 1 rings (SSSR count). The Labute approximate surface area is 224 Å². The van der Waals surface area contributed by atoms with Gasteiger partial charge in [0.05, 0.1) is 38.2 Å². The standard InChI is InChI=1S/C21H35N2O13PS/c1-14(2)38-18-11-19(26)23(20(18)27)6-8-31-9-10-32-21(28)22-5-7-34-37(29,30)35-13-17(36-16(4)25)12-33-15(3)24/h14,17-18H,5-13H2,1-4H3,(H,22,28)(H,29,30)/t17-,18?/m1/s1. The van der Waals surface area contributed by atoms with Crippen molar-refractivity contribution in [2.45, 2.75) is 50.7 Å². The first-order valence-corrected chi connectivity index (χ1v) is 14.1. The molecule has 0 aliphatic carbocycles. The van der Waals surface area contributed by atoms with Crippen molar-refractivity contribution in [2.75, 3.05) is 52.7 Å². The molecule has 0 radical (unpaired) electrons. The van der Waals surface area contributed by atoms with Gasteiger partial charge in [-0.2, -0.15) is 0 Å². The van der Waals surface area contributed by atoms with E-state index < -0.39 is 45.2 Å². The number of hydrogen-bond donors (Lipinski definition) is 2. The number of esters is 2. The number of rotatable bonds is 18. The fourth-order valence-electron chi connectivity index (χ4n) is 2.91. The zero-order chi connectivity index (χ0) is 28.7. The summed E-state index contributed by atoms with van der Waals surface area (Å²) < 4.78 is 41.0. The van der Waals surface area contributed by atoms with Gasteiger partial charge in [-0.25, -0.2) is 9.36 Å². The molecular weight excluding hydrogens is 551 g/mol. The quantitative estimate of drug-likeness (QED) is 0.0746. The van der Waals surface area contributed by atoms with Gasteiger partial charge in [0.1, 0.15) is 13.2 Å². The van der Waals surface area contributed by atoms with Crippen LogP contribution in [0.25, 0.3) is 0 Å². The van der Waals surface area contributed by atoms with Crippen molar-refractivity contribution in [1.29, 1.82) is 0 Å². The lowest BCUT2D eigenvalue weighted by atomic mass is 10.4. The van der Waals surface area contributed by atoms with Crippen molar-refractivity contribution < 1.29 is 61.4 Å². The molecule has 0 bridgehead atoms. The van der Waals surface area contributed by atoms with E-state index in [9.17, 15) is 33.4 Å². The van der Waals surface area contributed by atoms with Crippen LogP contribution in [0.5, 0.6) is 0 Å². The molecule has 1 saturated heterocycles. The summed E-state index contributed by atoms with van der Waals surface area (Å²) in [4.78, 5) is 68.7. The molecule has 0 saturated carbocycles. The summed E-state index contributed by atoms with van der Waals surface area (Å²) in [5.41, 5.74) is 0. The number of carbonyl (C=O) groups excluding carboxylic acids is 5.